The summed E-state index contributed by atoms with van der Waals surface area (Å²) in [5, 5.41) is 6.45. The number of hydrogen-bond donors (Lipinski definition) is 1. The Labute approximate surface area is 170 Å². The minimum absolute atomic E-state index is 0.317. The number of ether oxygens (including phenoxy) is 1. The average Bonchev–Trinajstić information content (AvgIpc) is 2.69. The zero-order valence-electron chi connectivity index (χ0n) is 14.7. The van der Waals surface area contributed by atoms with Crippen molar-refractivity contribution in [2.45, 2.75) is 6.92 Å². The van der Waals surface area contributed by atoms with Gasteiger partial charge in [-0.15, -0.1) is 0 Å². The van der Waals surface area contributed by atoms with Gasteiger partial charge < -0.3 is 10.1 Å². The summed E-state index contributed by atoms with van der Waals surface area (Å²) in [6.07, 6.45) is 1.60. The second kappa shape index (κ2) is 7.52. The third-order valence-electron chi connectivity index (χ3n) is 4.37. The van der Waals surface area contributed by atoms with Crippen molar-refractivity contribution in [1.29, 1.82) is 0 Å². The molecule has 0 bridgehead atoms. The maximum Gasteiger partial charge on any atom is 0.341 e. The van der Waals surface area contributed by atoms with Crippen molar-refractivity contribution in [2.75, 3.05) is 11.9 Å². The first-order chi connectivity index (χ1) is 13.2. The van der Waals surface area contributed by atoms with Crippen molar-refractivity contribution < 1.29 is 9.53 Å². The number of hydrogen-bond acceptors (Lipinski definition) is 4. The standard InChI is InChI=1S/C22H17IN2O2/c1-2-27-22(26)19-13-24-20-17-6-4-3-5-14(17)7-12-18(20)21(19)25-16-10-8-15(23)9-11-16/h3-13H,2H2,1H3,(H,24,25). The molecule has 0 spiro atoms. The third kappa shape index (κ3) is 3.47. The number of rotatable bonds is 4. The zero-order valence-corrected chi connectivity index (χ0v) is 16.9. The van der Waals surface area contributed by atoms with Gasteiger partial charge in [0.05, 0.1) is 17.8 Å². The summed E-state index contributed by atoms with van der Waals surface area (Å²) in [4.78, 5) is 17.1. The van der Waals surface area contributed by atoms with Crippen molar-refractivity contribution in [3.63, 3.8) is 0 Å². The molecule has 0 unspecified atom stereocenters. The van der Waals surface area contributed by atoms with Crippen molar-refractivity contribution >= 4 is 61.6 Å². The minimum Gasteiger partial charge on any atom is -0.462 e. The summed E-state index contributed by atoms with van der Waals surface area (Å²) >= 11 is 2.27. The maximum atomic E-state index is 12.5. The molecule has 0 aliphatic carbocycles. The van der Waals surface area contributed by atoms with Gasteiger partial charge in [0, 0.05) is 26.2 Å². The molecule has 4 aromatic rings. The van der Waals surface area contributed by atoms with Crippen LogP contribution in [0.3, 0.4) is 0 Å². The van der Waals surface area contributed by atoms with Crippen molar-refractivity contribution in [3.8, 4) is 0 Å². The number of carbonyl (C=O) groups excluding carboxylic acids is 1. The van der Waals surface area contributed by atoms with Crippen LogP contribution in [0, 0.1) is 3.57 Å². The van der Waals surface area contributed by atoms with Crippen LogP contribution in [0.15, 0.2) is 66.9 Å². The number of nitrogens with zero attached hydrogens (tertiary/aromatic N) is 1. The van der Waals surface area contributed by atoms with Gasteiger partial charge in [0.2, 0.25) is 0 Å². The Morgan fingerprint density at radius 3 is 2.59 bits per heavy atom. The number of esters is 1. The van der Waals surface area contributed by atoms with Gasteiger partial charge in [-0.3, -0.25) is 4.98 Å². The van der Waals surface area contributed by atoms with Gasteiger partial charge in [0.25, 0.3) is 0 Å². The Kier molecular flexibility index (Phi) is 4.94. The molecule has 0 aliphatic heterocycles. The summed E-state index contributed by atoms with van der Waals surface area (Å²) < 4.78 is 6.39. The lowest BCUT2D eigenvalue weighted by atomic mass is 10.0. The molecule has 4 nitrogen and oxygen atoms in total. The maximum absolute atomic E-state index is 12.5. The highest BCUT2D eigenvalue weighted by atomic mass is 127. The fraction of sp³-hybridized carbons (Fsp3) is 0.0909. The second-order valence-corrected chi connectivity index (χ2v) is 7.33. The van der Waals surface area contributed by atoms with Crippen LogP contribution in [-0.2, 0) is 4.74 Å². The highest BCUT2D eigenvalue weighted by molar-refractivity contribution is 14.1. The monoisotopic (exact) mass is 468 g/mol. The number of nitrogens with one attached hydrogen (secondary N) is 1. The number of anilines is 2. The van der Waals surface area contributed by atoms with E-state index in [2.05, 4.69) is 39.0 Å². The summed E-state index contributed by atoms with van der Waals surface area (Å²) in [7, 11) is 0. The first-order valence-corrected chi connectivity index (χ1v) is 9.75. The van der Waals surface area contributed by atoms with Crippen LogP contribution in [0.2, 0.25) is 0 Å². The molecule has 0 saturated carbocycles. The van der Waals surface area contributed by atoms with E-state index in [0.717, 1.165) is 30.9 Å². The summed E-state index contributed by atoms with van der Waals surface area (Å²) in [6, 6.07) is 20.2. The van der Waals surface area contributed by atoms with Gasteiger partial charge in [-0.2, -0.15) is 0 Å². The molecule has 1 heterocycles. The summed E-state index contributed by atoms with van der Waals surface area (Å²) in [5.41, 5.74) is 2.90. The molecule has 0 radical (unpaired) electrons. The molecule has 5 heteroatoms. The molecule has 0 saturated heterocycles. The number of fused-ring (bicyclic) bond motifs is 3. The predicted octanol–water partition coefficient (Wildman–Crippen LogP) is 5.91. The van der Waals surface area contributed by atoms with Crippen LogP contribution in [0.5, 0.6) is 0 Å². The number of halogens is 1. The first-order valence-electron chi connectivity index (χ1n) is 8.67. The van der Waals surface area contributed by atoms with Gasteiger partial charge in [0.1, 0.15) is 5.56 Å². The fourth-order valence-corrected chi connectivity index (χ4v) is 3.47. The Balaban J connectivity index is 1.95. The number of pyridine rings is 1. The van der Waals surface area contributed by atoms with Crippen molar-refractivity contribution in [3.05, 3.63) is 76.0 Å². The van der Waals surface area contributed by atoms with Crippen molar-refractivity contribution in [2.24, 2.45) is 0 Å². The fourth-order valence-electron chi connectivity index (χ4n) is 3.11. The summed E-state index contributed by atoms with van der Waals surface area (Å²) in [6.45, 7) is 2.11. The van der Waals surface area contributed by atoms with E-state index >= 15 is 0 Å². The van der Waals surface area contributed by atoms with E-state index in [-0.39, 0.29) is 5.97 Å². The van der Waals surface area contributed by atoms with E-state index in [4.69, 9.17) is 4.74 Å². The third-order valence-corrected chi connectivity index (χ3v) is 5.09. The van der Waals surface area contributed by atoms with Gasteiger partial charge in [-0.1, -0.05) is 36.4 Å². The molecule has 3 aromatic carbocycles. The molecule has 27 heavy (non-hydrogen) atoms. The van der Waals surface area contributed by atoms with Crippen molar-refractivity contribution in [1.82, 2.24) is 4.98 Å². The SMILES string of the molecule is CCOC(=O)c1cnc2c(ccc3ccccc32)c1Nc1ccc(I)cc1. The molecule has 0 aliphatic rings. The quantitative estimate of drug-likeness (QED) is 0.230. The Morgan fingerprint density at radius 1 is 1.04 bits per heavy atom. The molecule has 134 valence electrons. The van der Waals surface area contributed by atoms with E-state index in [0.29, 0.717) is 17.9 Å². The van der Waals surface area contributed by atoms with Gasteiger partial charge in [0.15, 0.2) is 0 Å². The molecular formula is C22H17IN2O2. The molecule has 1 N–H and O–H groups in total. The number of carbonyl (C=O) groups is 1. The Morgan fingerprint density at radius 2 is 1.81 bits per heavy atom. The smallest absolute Gasteiger partial charge is 0.341 e. The highest BCUT2D eigenvalue weighted by Crippen LogP contribution is 2.33. The van der Waals surface area contributed by atoms with E-state index in [1.807, 2.05) is 54.6 Å². The number of benzene rings is 3. The van der Waals surface area contributed by atoms with Gasteiger partial charge >= 0.3 is 5.97 Å². The molecular weight excluding hydrogens is 451 g/mol. The van der Waals surface area contributed by atoms with E-state index in [1.165, 1.54) is 0 Å². The van der Waals surface area contributed by atoms with Gasteiger partial charge in [-0.05, 0) is 59.2 Å². The predicted molar refractivity (Wildman–Crippen MR) is 118 cm³/mol. The van der Waals surface area contributed by atoms with E-state index in [9.17, 15) is 4.79 Å². The van der Waals surface area contributed by atoms with Crippen LogP contribution in [-0.4, -0.2) is 17.6 Å². The number of aromatic nitrogens is 1. The topological polar surface area (TPSA) is 51.2 Å². The molecule has 4 rings (SSSR count). The summed E-state index contributed by atoms with van der Waals surface area (Å²) in [5.74, 6) is -0.381. The largest absolute Gasteiger partial charge is 0.462 e. The minimum atomic E-state index is -0.381. The highest BCUT2D eigenvalue weighted by Gasteiger charge is 2.18. The van der Waals surface area contributed by atoms with Crippen LogP contribution >= 0.6 is 22.6 Å². The average molecular weight is 468 g/mol. The second-order valence-electron chi connectivity index (χ2n) is 6.08. The lowest BCUT2D eigenvalue weighted by Crippen LogP contribution is -2.09. The molecule has 0 fully saturated rings. The normalized spacial score (nSPS) is 10.9. The molecule has 0 atom stereocenters. The van der Waals surface area contributed by atoms with E-state index < -0.39 is 0 Å². The first kappa shape index (κ1) is 17.7. The Hall–Kier alpha value is -2.67. The van der Waals surface area contributed by atoms with Crippen LogP contribution < -0.4 is 5.32 Å². The van der Waals surface area contributed by atoms with E-state index in [1.54, 1.807) is 13.1 Å². The van der Waals surface area contributed by atoms with Crippen LogP contribution in [0.25, 0.3) is 21.7 Å². The van der Waals surface area contributed by atoms with Crippen LogP contribution in [0.4, 0.5) is 11.4 Å². The Bertz CT molecular complexity index is 1140. The zero-order chi connectivity index (χ0) is 18.8. The lowest BCUT2D eigenvalue weighted by molar-refractivity contribution is 0.0527. The van der Waals surface area contributed by atoms with Crippen LogP contribution in [0.1, 0.15) is 17.3 Å². The van der Waals surface area contributed by atoms with Gasteiger partial charge in [-0.25, -0.2) is 4.79 Å². The molecule has 1 aromatic heterocycles. The lowest BCUT2D eigenvalue weighted by Gasteiger charge is -2.15. The molecule has 0 amide bonds.